The molecule has 328 valence electrons. The van der Waals surface area contributed by atoms with Gasteiger partial charge in [-0.3, -0.25) is 34.1 Å². The number of anilines is 1. The van der Waals surface area contributed by atoms with Gasteiger partial charge in [-0.1, -0.05) is 115 Å². The van der Waals surface area contributed by atoms with Gasteiger partial charge in [0.25, 0.3) is 17.7 Å². The highest BCUT2D eigenvalue weighted by atomic mass is 16.5. The van der Waals surface area contributed by atoms with E-state index < -0.39 is 23.6 Å². The van der Waals surface area contributed by atoms with Crippen LogP contribution in [0.25, 0.3) is 11.1 Å². The highest BCUT2D eigenvalue weighted by Gasteiger charge is 2.57. The minimum Gasteiger partial charge on any atom is -0.466 e. The molecule has 1 saturated heterocycles. The Kier molecular flexibility index (Phi) is 11.0. The SMILES string of the molecule is O=C(CN1Cc2ccccc2[C@@H]2OC(c3ccccc3)=N[C@]2(Cc2ccccc2)C1=O)NCc1ccc(-c2ccc(C(=O)Nc3cccc4c3CN(C3CCC(=O)NC3=O)C4=O)cc2)cc1. The summed E-state index contributed by atoms with van der Waals surface area (Å²) >= 11 is 0. The van der Waals surface area contributed by atoms with Crippen LogP contribution in [0.1, 0.15) is 73.0 Å². The second-order valence-electron chi connectivity index (χ2n) is 17.0. The number of rotatable bonds is 11. The summed E-state index contributed by atoms with van der Waals surface area (Å²) in [6.45, 7) is 0.440. The van der Waals surface area contributed by atoms with Crippen LogP contribution in [0.4, 0.5) is 5.69 Å². The predicted octanol–water partition coefficient (Wildman–Crippen LogP) is 6.53. The number of hydrogen-bond donors (Lipinski definition) is 3. The lowest BCUT2D eigenvalue weighted by molar-refractivity contribution is -0.143. The van der Waals surface area contributed by atoms with E-state index in [4.69, 9.17) is 9.73 Å². The summed E-state index contributed by atoms with van der Waals surface area (Å²) in [7, 11) is 0. The fourth-order valence-corrected chi connectivity index (χ4v) is 9.35. The van der Waals surface area contributed by atoms with E-state index in [2.05, 4.69) is 16.0 Å². The maximum absolute atomic E-state index is 15.0. The Labute approximate surface area is 380 Å². The van der Waals surface area contributed by atoms with Crippen molar-refractivity contribution in [2.45, 2.75) is 56.6 Å². The number of amides is 6. The molecular weight excluding hydrogens is 833 g/mol. The first kappa shape index (κ1) is 41.8. The third-order valence-electron chi connectivity index (χ3n) is 12.7. The Balaban J connectivity index is 0.794. The monoisotopic (exact) mass is 876 g/mol. The number of piperidine rings is 1. The van der Waals surface area contributed by atoms with E-state index in [0.717, 1.165) is 38.9 Å². The zero-order valence-corrected chi connectivity index (χ0v) is 35.7. The average Bonchev–Trinajstić information content (AvgIpc) is 3.87. The molecule has 0 saturated carbocycles. The summed E-state index contributed by atoms with van der Waals surface area (Å²) in [5.41, 5.74) is 6.69. The molecule has 6 aromatic rings. The molecule has 3 N–H and O–H groups in total. The molecule has 6 aromatic carbocycles. The van der Waals surface area contributed by atoms with Gasteiger partial charge in [-0.25, -0.2) is 4.99 Å². The average molecular weight is 877 g/mol. The number of nitrogens with zero attached hydrogens (tertiary/aromatic N) is 3. The molecule has 0 aliphatic carbocycles. The molecule has 3 atom stereocenters. The van der Waals surface area contributed by atoms with Gasteiger partial charge in [-0.2, -0.15) is 0 Å². The number of imide groups is 1. The molecule has 1 unspecified atom stereocenters. The lowest BCUT2D eigenvalue weighted by Gasteiger charge is -2.32. The van der Waals surface area contributed by atoms with E-state index in [1.54, 1.807) is 35.2 Å². The Morgan fingerprint density at radius 3 is 2.17 bits per heavy atom. The smallest absolute Gasteiger partial charge is 0.256 e. The molecule has 0 aromatic heterocycles. The first-order valence-electron chi connectivity index (χ1n) is 21.9. The number of ether oxygens (including phenoxy) is 1. The molecule has 0 spiro atoms. The number of hydrogen-bond acceptors (Lipinski definition) is 8. The van der Waals surface area contributed by atoms with Crippen LogP contribution in [-0.2, 0) is 50.0 Å². The quantitative estimate of drug-likeness (QED) is 0.125. The van der Waals surface area contributed by atoms with Gasteiger partial charge in [0.05, 0.1) is 6.54 Å². The van der Waals surface area contributed by atoms with Crippen molar-refractivity contribution in [2.75, 3.05) is 11.9 Å². The minimum atomic E-state index is -1.34. The molecule has 6 amide bonds. The zero-order valence-electron chi connectivity index (χ0n) is 35.7. The summed E-state index contributed by atoms with van der Waals surface area (Å²) in [6.07, 6.45) is -0.00568. The maximum Gasteiger partial charge on any atom is 0.256 e. The molecule has 66 heavy (non-hydrogen) atoms. The van der Waals surface area contributed by atoms with Crippen LogP contribution in [0, 0.1) is 0 Å². The second-order valence-corrected chi connectivity index (χ2v) is 17.0. The van der Waals surface area contributed by atoms with Gasteiger partial charge in [0.2, 0.25) is 23.6 Å². The van der Waals surface area contributed by atoms with Crippen molar-refractivity contribution in [3.8, 4) is 11.1 Å². The number of carbonyl (C=O) groups is 6. The molecule has 1 fully saturated rings. The highest BCUT2D eigenvalue weighted by molar-refractivity contribution is 6.09. The topological polar surface area (TPSA) is 167 Å². The Morgan fingerprint density at radius 2 is 1.42 bits per heavy atom. The van der Waals surface area contributed by atoms with Gasteiger partial charge >= 0.3 is 0 Å². The van der Waals surface area contributed by atoms with E-state index in [1.807, 2.05) is 121 Å². The number of aliphatic imine (C=N–C) groups is 1. The standard InChI is InChI=1S/C53H44N6O7/c60-45-27-26-44(49(63)56-45)59-31-42-41(51(59)64)16-9-17-43(42)55-48(62)37-24-22-36(23-25-37)35-20-18-34(19-21-35)29-54-46(61)32-58-30-39-14-7-8-15-40(39)47-53(52(58)65,28-33-10-3-1-4-11-33)57-50(66-47)38-12-5-2-6-13-38/h1-25,44,47H,26-32H2,(H,54,61)(H,55,62)(H,56,60,63)/t44?,47-,53-/m0/s1. The Hall–Kier alpha value is -8.19. The van der Waals surface area contributed by atoms with Gasteiger partial charge in [0, 0.05) is 66.0 Å². The molecule has 10 rings (SSSR count). The molecular formula is C53H44N6O7. The number of fused-ring (bicyclic) bond motifs is 4. The van der Waals surface area contributed by atoms with Crippen LogP contribution in [0.15, 0.2) is 157 Å². The van der Waals surface area contributed by atoms with E-state index in [-0.39, 0.29) is 75.0 Å². The summed E-state index contributed by atoms with van der Waals surface area (Å²) in [5, 5.41) is 8.26. The molecule has 0 radical (unpaired) electrons. The fraction of sp³-hybridized carbons (Fsp3) is 0.189. The maximum atomic E-state index is 15.0. The predicted molar refractivity (Wildman–Crippen MR) is 246 cm³/mol. The molecule has 4 aliphatic rings. The number of nitrogens with one attached hydrogen (secondary N) is 3. The number of carbonyl (C=O) groups excluding carboxylic acids is 6. The minimum absolute atomic E-state index is 0.139. The summed E-state index contributed by atoms with van der Waals surface area (Å²) in [6, 6.07) is 46.4. The van der Waals surface area contributed by atoms with Gasteiger partial charge in [-0.05, 0) is 70.6 Å². The molecule has 4 aliphatic heterocycles. The third kappa shape index (κ3) is 8.00. The van der Waals surface area contributed by atoms with Crippen molar-refractivity contribution >= 4 is 47.0 Å². The van der Waals surface area contributed by atoms with E-state index >= 15 is 0 Å². The lowest BCUT2D eigenvalue weighted by Crippen LogP contribution is -2.52. The van der Waals surface area contributed by atoms with Crippen LogP contribution < -0.4 is 16.0 Å². The summed E-state index contributed by atoms with van der Waals surface area (Å²) in [4.78, 5) is 87.7. The van der Waals surface area contributed by atoms with E-state index in [0.29, 0.717) is 28.3 Å². The van der Waals surface area contributed by atoms with Crippen LogP contribution in [-0.4, -0.2) is 69.3 Å². The van der Waals surface area contributed by atoms with Crippen molar-refractivity contribution in [2.24, 2.45) is 4.99 Å². The normalized spacial score (nSPS) is 19.7. The summed E-state index contributed by atoms with van der Waals surface area (Å²) in [5.74, 6) is -1.72. The van der Waals surface area contributed by atoms with E-state index in [1.165, 1.54) is 4.90 Å². The van der Waals surface area contributed by atoms with Gasteiger partial charge < -0.3 is 25.2 Å². The third-order valence-corrected chi connectivity index (χ3v) is 12.7. The summed E-state index contributed by atoms with van der Waals surface area (Å²) < 4.78 is 6.64. The molecule has 0 bridgehead atoms. The lowest BCUT2D eigenvalue weighted by atomic mass is 9.81. The van der Waals surface area contributed by atoms with Crippen LogP contribution >= 0.6 is 0 Å². The Morgan fingerprint density at radius 1 is 0.727 bits per heavy atom. The van der Waals surface area contributed by atoms with Gasteiger partial charge in [-0.15, -0.1) is 0 Å². The molecule has 13 nitrogen and oxygen atoms in total. The largest absolute Gasteiger partial charge is 0.466 e. The van der Waals surface area contributed by atoms with Crippen molar-refractivity contribution in [3.05, 3.63) is 196 Å². The van der Waals surface area contributed by atoms with E-state index in [9.17, 15) is 28.8 Å². The van der Waals surface area contributed by atoms with Crippen LogP contribution in [0.2, 0.25) is 0 Å². The van der Waals surface area contributed by atoms with Crippen LogP contribution in [0.5, 0.6) is 0 Å². The first-order valence-corrected chi connectivity index (χ1v) is 21.9. The van der Waals surface area contributed by atoms with Crippen molar-refractivity contribution < 1.29 is 33.5 Å². The first-order chi connectivity index (χ1) is 32.1. The highest BCUT2D eigenvalue weighted by Crippen LogP contribution is 2.46. The van der Waals surface area contributed by atoms with Crippen molar-refractivity contribution in [3.63, 3.8) is 0 Å². The van der Waals surface area contributed by atoms with Crippen molar-refractivity contribution in [1.29, 1.82) is 0 Å². The fourth-order valence-electron chi connectivity index (χ4n) is 9.35. The van der Waals surface area contributed by atoms with Gasteiger partial charge in [0.1, 0.15) is 6.04 Å². The molecule has 13 heteroatoms. The van der Waals surface area contributed by atoms with Crippen LogP contribution in [0.3, 0.4) is 0 Å². The van der Waals surface area contributed by atoms with Crippen molar-refractivity contribution in [1.82, 2.24) is 20.4 Å². The zero-order chi connectivity index (χ0) is 45.4. The Bertz CT molecular complexity index is 2940. The van der Waals surface area contributed by atoms with Gasteiger partial charge in [0.15, 0.2) is 11.6 Å². The number of benzene rings is 6. The molecule has 4 heterocycles. The second kappa shape index (κ2) is 17.4.